The maximum Gasteiger partial charge on any atom is 0.265 e. The summed E-state index contributed by atoms with van der Waals surface area (Å²) in [7, 11) is 1.22. The molecule has 0 aliphatic carbocycles. The topological polar surface area (TPSA) is 124 Å². The fourth-order valence-electron chi connectivity index (χ4n) is 4.61. The van der Waals surface area contributed by atoms with Crippen LogP contribution in [0, 0.1) is 0 Å². The molecule has 13 heteroatoms. The first-order valence-electron chi connectivity index (χ1n) is 13.8. The van der Waals surface area contributed by atoms with Gasteiger partial charge in [0.05, 0.1) is 39.0 Å². The highest BCUT2D eigenvalue weighted by molar-refractivity contribution is 7.92. The maximum atomic E-state index is 14.4. The molecule has 44 heavy (non-hydrogen) atoms. The Morgan fingerprint density at radius 3 is 2.05 bits per heavy atom. The predicted molar refractivity (Wildman–Crippen MR) is 168 cm³/mol. The summed E-state index contributed by atoms with van der Waals surface area (Å²) >= 11 is 6.07. The Hall–Kier alpha value is -4.16. The quantitative estimate of drug-likeness (QED) is 0.256. The number of carbonyl (C=O) groups excluding carboxylic acids is 2. The summed E-state index contributed by atoms with van der Waals surface area (Å²) in [5, 5.41) is 3.29. The number of nitrogens with zero attached hydrogens (tertiary/aromatic N) is 2. The highest BCUT2D eigenvalue weighted by atomic mass is 35.5. The van der Waals surface area contributed by atoms with Gasteiger partial charge in [0, 0.05) is 30.2 Å². The molecular weight excluding hydrogens is 610 g/mol. The molecule has 2 amide bonds. The van der Waals surface area contributed by atoms with Gasteiger partial charge in [0.25, 0.3) is 10.0 Å². The lowest BCUT2D eigenvalue weighted by molar-refractivity contribution is -0.140. The van der Waals surface area contributed by atoms with E-state index in [1.54, 1.807) is 50.2 Å². The number of likely N-dealkylation sites (N-methyl/N-ethyl adjacent to an activating group) is 1. The Morgan fingerprint density at radius 1 is 0.841 bits per heavy atom. The van der Waals surface area contributed by atoms with Crippen molar-refractivity contribution in [1.82, 2.24) is 10.2 Å². The van der Waals surface area contributed by atoms with Crippen LogP contribution >= 0.6 is 11.6 Å². The number of anilines is 1. The van der Waals surface area contributed by atoms with Gasteiger partial charge in [0.2, 0.25) is 11.8 Å². The maximum absolute atomic E-state index is 14.4. The third-order valence-electron chi connectivity index (χ3n) is 6.88. The number of rotatable bonds is 15. The SMILES string of the molecule is CCNC(=O)[C@H](CC)N(Cc1ccc(Cl)cc1)C(=O)CN(c1cc(OC)ccc1OC)S(=O)(=O)c1ccc(OC)c(OC)c1. The van der Waals surface area contributed by atoms with Crippen molar-refractivity contribution < 1.29 is 37.0 Å². The average molecular weight is 648 g/mol. The van der Waals surface area contributed by atoms with Gasteiger partial charge in [-0.05, 0) is 55.3 Å². The van der Waals surface area contributed by atoms with Crippen LogP contribution in [0.1, 0.15) is 25.8 Å². The first-order chi connectivity index (χ1) is 21.0. The molecule has 0 heterocycles. The zero-order valence-corrected chi connectivity index (χ0v) is 27.2. The summed E-state index contributed by atoms with van der Waals surface area (Å²) in [6.45, 7) is 3.29. The molecule has 0 unspecified atom stereocenters. The van der Waals surface area contributed by atoms with Crippen LogP contribution in [0.25, 0.3) is 0 Å². The molecule has 11 nitrogen and oxygen atoms in total. The first kappa shape index (κ1) is 34.3. The minimum Gasteiger partial charge on any atom is -0.497 e. The Labute approximate surface area is 263 Å². The van der Waals surface area contributed by atoms with E-state index in [9.17, 15) is 18.0 Å². The molecule has 0 bridgehead atoms. The van der Waals surface area contributed by atoms with Gasteiger partial charge in [-0.15, -0.1) is 0 Å². The number of halogens is 1. The van der Waals surface area contributed by atoms with Gasteiger partial charge in [0.15, 0.2) is 11.5 Å². The van der Waals surface area contributed by atoms with Crippen LogP contribution in [0.4, 0.5) is 5.69 Å². The van der Waals surface area contributed by atoms with Crippen LogP contribution in [0.3, 0.4) is 0 Å². The minimum atomic E-state index is -4.44. The summed E-state index contributed by atoms with van der Waals surface area (Å²) in [5.41, 5.74) is 0.770. The van der Waals surface area contributed by atoms with Crippen molar-refractivity contribution >= 4 is 39.1 Å². The van der Waals surface area contributed by atoms with Gasteiger partial charge in [-0.1, -0.05) is 30.7 Å². The van der Waals surface area contributed by atoms with Gasteiger partial charge in [-0.2, -0.15) is 0 Å². The monoisotopic (exact) mass is 647 g/mol. The van der Waals surface area contributed by atoms with E-state index in [2.05, 4.69) is 5.32 Å². The largest absolute Gasteiger partial charge is 0.497 e. The van der Waals surface area contributed by atoms with Crippen LogP contribution in [0.2, 0.25) is 5.02 Å². The van der Waals surface area contributed by atoms with Crippen molar-refractivity contribution in [1.29, 1.82) is 0 Å². The Bertz CT molecular complexity index is 1550. The molecule has 0 spiro atoms. The van der Waals surface area contributed by atoms with Gasteiger partial charge in [0.1, 0.15) is 24.1 Å². The van der Waals surface area contributed by atoms with Crippen molar-refractivity contribution in [3.8, 4) is 23.0 Å². The third-order valence-corrected chi connectivity index (χ3v) is 8.89. The molecule has 0 aliphatic heterocycles. The van der Waals surface area contributed by atoms with Crippen LogP contribution < -0.4 is 28.6 Å². The number of hydrogen-bond acceptors (Lipinski definition) is 8. The van der Waals surface area contributed by atoms with Gasteiger partial charge in [-0.3, -0.25) is 13.9 Å². The van der Waals surface area contributed by atoms with Crippen LogP contribution in [-0.2, 0) is 26.2 Å². The lowest BCUT2D eigenvalue weighted by atomic mass is 10.1. The Morgan fingerprint density at radius 2 is 1.48 bits per heavy atom. The number of methoxy groups -OCH3 is 4. The molecule has 3 aromatic carbocycles. The van der Waals surface area contributed by atoms with E-state index in [-0.39, 0.29) is 41.0 Å². The number of ether oxygens (including phenoxy) is 4. The highest BCUT2D eigenvalue weighted by Gasteiger charge is 2.35. The van der Waals surface area contributed by atoms with Crippen LogP contribution in [-0.4, -0.2) is 72.7 Å². The predicted octanol–water partition coefficient (Wildman–Crippen LogP) is 4.51. The fraction of sp³-hybridized carbons (Fsp3) is 0.355. The first-order valence-corrected chi connectivity index (χ1v) is 15.6. The van der Waals surface area contributed by atoms with E-state index in [1.165, 1.54) is 57.6 Å². The lowest BCUT2D eigenvalue weighted by Crippen LogP contribution is -2.52. The molecule has 3 aromatic rings. The molecule has 0 aromatic heterocycles. The molecule has 0 saturated heterocycles. The van der Waals surface area contributed by atoms with E-state index in [0.717, 1.165) is 4.31 Å². The summed E-state index contributed by atoms with van der Waals surface area (Å²) in [4.78, 5) is 28.6. The molecule has 3 rings (SSSR count). The third kappa shape index (κ3) is 7.86. The van der Waals surface area contributed by atoms with Crippen molar-refractivity contribution in [2.75, 3.05) is 45.8 Å². The van der Waals surface area contributed by atoms with Crippen molar-refractivity contribution in [3.63, 3.8) is 0 Å². The second-order valence-electron chi connectivity index (χ2n) is 9.53. The molecular formula is C31H38ClN3O8S. The smallest absolute Gasteiger partial charge is 0.265 e. The number of carbonyl (C=O) groups is 2. The molecule has 0 fully saturated rings. The molecule has 1 N–H and O–H groups in total. The zero-order chi connectivity index (χ0) is 32.4. The van der Waals surface area contributed by atoms with E-state index in [0.29, 0.717) is 28.6 Å². The van der Waals surface area contributed by atoms with E-state index < -0.39 is 28.5 Å². The normalized spacial score (nSPS) is 11.7. The van der Waals surface area contributed by atoms with Gasteiger partial charge >= 0.3 is 0 Å². The second-order valence-corrected chi connectivity index (χ2v) is 11.8. The summed E-state index contributed by atoms with van der Waals surface area (Å²) in [5.74, 6) is 0.0618. The molecule has 0 saturated carbocycles. The van der Waals surface area contributed by atoms with Crippen molar-refractivity contribution in [2.45, 2.75) is 37.8 Å². The molecule has 0 radical (unpaired) electrons. The average Bonchev–Trinajstić information content (AvgIpc) is 3.03. The van der Waals surface area contributed by atoms with Gasteiger partial charge in [-0.25, -0.2) is 8.42 Å². The number of nitrogens with one attached hydrogen (secondary N) is 1. The Balaban J connectivity index is 2.19. The number of hydrogen-bond donors (Lipinski definition) is 1. The molecule has 0 aliphatic rings. The van der Waals surface area contributed by atoms with Crippen LogP contribution in [0.15, 0.2) is 65.6 Å². The fourth-order valence-corrected chi connectivity index (χ4v) is 6.17. The lowest BCUT2D eigenvalue weighted by Gasteiger charge is -2.33. The molecule has 238 valence electrons. The minimum absolute atomic E-state index is 0.0329. The Kier molecular flexibility index (Phi) is 12.1. The number of sulfonamides is 1. The standard InChI is InChI=1S/C31H38ClN3O8S/c1-7-25(31(37)33-8-2)34(19-21-9-11-22(32)12-10-21)30(36)20-35(26-17-23(40-3)13-15-27(26)41-4)44(38,39)24-14-16-28(42-5)29(18-24)43-6/h9-18,25H,7-8,19-20H2,1-6H3,(H,33,37)/t25-/m0/s1. The summed E-state index contributed by atoms with van der Waals surface area (Å²) < 4.78 is 51.2. The van der Waals surface area contributed by atoms with Crippen molar-refractivity contribution in [2.24, 2.45) is 0 Å². The van der Waals surface area contributed by atoms with E-state index >= 15 is 0 Å². The van der Waals surface area contributed by atoms with E-state index in [4.69, 9.17) is 30.5 Å². The summed E-state index contributed by atoms with van der Waals surface area (Å²) in [6.07, 6.45) is 0.288. The van der Waals surface area contributed by atoms with Gasteiger partial charge < -0.3 is 29.2 Å². The van der Waals surface area contributed by atoms with Crippen LogP contribution in [0.5, 0.6) is 23.0 Å². The molecule has 1 atom stereocenters. The van der Waals surface area contributed by atoms with Crippen molar-refractivity contribution in [3.05, 3.63) is 71.2 Å². The summed E-state index contributed by atoms with van der Waals surface area (Å²) in [6, 6.07) is 14.7. The number of amides is 2. The zero-order valence-electron chi connectivity index (χ0n) is 25.6. The van der Waals surface area contributed by atoms with E-state index in [1.807, 2.05) is 0 Å². The number of benzene rings is 3. The highest BCUT2D eigenvalue weighted by Crippen LogP contribution is 2.38. The second kappa shape index (κ2) is 15.5.